The minimum absolute atomic E-state index is 0.0572. The Bertz CT molecular complexity index is 465. The first-order valence-corrected chi connectivity index (χ1v) is 7.05. The number of aromatic nitrogens is 4. The molecule has 3 rings (SSSR count). The molecule has 0 spiro atoms. The molecule has 1 aromatic rings. The molecule has 0 amide bonds. The van der Waals surface area contributed by atoms with Crippen molar-refractivity contribution in [1.82, 2.24) is 25.1 Å². The number of carboxylic acids is 1. The van der Waals surface area contributed by atoms with E-state index in [0.29, 0.717) is 6.04 Å². The third kappa shape index (κ3) is 3.31. The van der Waals surface area contributed by atoms with Crippen LogP contribution in [0.2, 0.25) is 0 Å². The normalized spacial score (nSPS) is 21.2. The first kappa shape index (κ1) is 13.4. The maximum atomic E-state index is 10.5. The molecule has 2 aliphatic rings. The second kappa shape index (κ2) is 5.84. The van der Waals surface area contributed by atoms with Gasteiger partial charge in [0.05, 0.1) is 18.7 Å². The Kier molecular flexibility index (Phi) is 3.93. The van der Waals surface area contributed by atoms with Crippen molar-refractivity contribution in [3.8, 4) is 0 Å². The van der Waals surface area contributed by atoms with Crippen molar-refractivity contribution >= 4 is 5.97 Å². The molecule has 2 heterocycles. The molecule has 2 fully saturated rings. The number of rotatable bonds is 6. The maximum Gasteiger partial charge on any atom is 0.329 e. The standard InChI is InChI=1S/C12H19N5O3/c18-12(19)8-20-10-3-5-16(6-4-10)7-11-13-14-15-17(11)9-1-2-9/h9-10H,1-8H2,(H,18,19). The fraction of sp³-hybridized carbons (Fsp3) is 0.833. The number of hydrogen-bond donors (Lipinski definition) is 1. The summed E-state index contributed by atoms with van der Waals surface area (Å²) in [7, 11) is 0. The van der Waals surface area contributed by atoms with Crippen LogP contribution >= 0.6 is 0 Å². The number of carbonyl (C=O) groups is 1. The summed E-state index contributed by atoms with van der Waals surface area (Å²) < 4.78 is 7.27. The Hall–Kier alpha value is -1.54. The lowest BCUT2D eigenvalue weighted by Gasteiger charge is -2.31. The number of hydrogen-bond acceptors (Lipinski definition) is 6. The lowest BCUT2D eigenvalue weighted by Crippen LogP contribution is -2.37. The van der Waals surface area contributed by atoms with E-state index in [1.54, 1.807) is 0 Å². The molecule has 8 heteroatoms. The minimum Gasteiger partial charge on any atom is -0.480 e. The van der Waals surface area contributed by atoms with Crippen LogP contribution in [0.1, 0.15) is 37.5 Å². The van der Waals surface area contributed by atoms with Crippen LogP contribution in [0.4, 0.5) is 0 Å². The molecule has 1 aliphatic heterocycles. The van der Waals surface area contributed by atoms with Gasteiger partial charge in [0.2, 0.25) is 0 Å². The van der Waals surface area contributed by atoms with Crippen molar-refractivity contribution in [3.05, 3.63) is 5.82 Å². The molecule has 20 heavy (non-hydrogen) atoms. The number of carboxylic acid groups (broad SMARTS) is 1. The summed E-state index contributed by atoms with van der Waals surface area (Å²) in [6, 6.07) is 0.497. The number of ether oxygens (including phenoxy) is 1. The molecule has 1 N–H and O–H groups in total. The van der Waals surface area contributed by atoms with Gasteiger partial charge in [-0.1, -0.05) is 0 Å². The van der Waals surface area contributed by atoms with Gasteiger partial charge in [0.15, 0.2) is 5.82 Å². The predicted molar refractivity (Wildman–Crippen MR) is 68.0 cm³/mol. The molecular formula is C12H19N5O3. The van der Waals surface area contributed by atoms with Gasteiger partial charge in [0.1, 0.15) is 6.61 Å². The topological polar surface area (TPSA) is 93.4 Å². The average Bonchev–Trinajstić information content (AvgIpc) is 3.18. The molecule has 0 aromatic carbocycles. The van der Waals surface area contributed by atoms with Gasteiger partial charge in [-0.05, 0) is 36.1 Å². The predicted octanol–water partition coefficient (Wildman–Crippen LogP) is 0.0736. The van der Waals surface area contributed by atoms with Crippen LogP contribution in [0.5, 0.6) is 0 Å². The van der Waals surface area contributed by atoms with Crippen LogP contribution in [0.15, 0.2) is 0 Å². The highest BCUT2D eigenvalue weighted by Crippen LogP contribution is 2.34. The summed E-state index contributed by atoms with van der Waals surface area (Å²) in [5.41, 5.74) is 0. The summed E-state index contributed by atoms with van der Waals surface area (Å²) >= 11 is 0. The molecule has 1 saturated heterocycles. The van der Waals surface area contributed by atoms with Gasteiger partial charge in [-0.25, -0.2) is 9.48 Å². The second-order valence-corrected chi connectivity index (χ2v) is 5.45. The largest absolute Gasteiger partial charge is 0.480 e. The Morgan fingerprint density at radius 3 is 2.70 bits per heavy atom. The monoisotopic (exact) mass is 281 g/mol. The van der Waals surface area contributed by atoms with Crippen molar-refractivity contribution in [3.63, 3.8) is 0 Å². The average molecular weight is 281 g/mol. The van der Waals surface area contributed by atoms with E-state index in [1.165, 1.54) is 12.8 Å². The van der Waals surface area contributed by atoms with Crippen molar-refractivity contribution in [2.24, 2.45) is 0 Å². The van der Waals surface area contributed by atoms with Crippen LogP contribution in [-0.4, -0.2) is 62.0 Å². The number of likely N-dealkylation sites (tertiary alicyclic amines) is 1. The first-order valence-electron chi connectivity index (χ1n) is 7.05. The van der Waals surface area contributed by atoms with Gasteiger partial charge in [0.25, 0.3) is 0 Å². The van der Waals surface area contributed by atoms with Gasteiger partial charge >= 0.3 is 5.97 Å². The van der Waals surface area contributed by atoms with Crippen LogP contribution in [0.3, 0.4) is 0 Å². The summed E-state index contributed by atoms with van der Waals surface area (Å²) in [6.45, 7) is 2.34. The Morgan fingerprint density at radius 2 is 2.05 bits per heavy atom. The van der Waals surface area contributed by atoms with Crippen molar-refractivity contribution in [2.45, 2.75) is 44.4 Å². The maximum absolute atomic E-state index is 10.5. The number of tetrazole rings is 1. The van der Waals surface area contributed by atoms with E-state index in [-0.39, 0.29) is 12.7 Å². The highest BCUT2D eigenvalue weighted by Gasteiger charge is 2.29. The van der Waals surface area contributed by atoms with Gasteiger partial charge in [-0.3, -0.25) is 4.90 Å². The highest BCUT2D eigenvalue weighted by atomic mass is 16.5. The zero-order valence-corrected chi connectivity index (χ0v) is 11.3. The van der Waals surface area contributed by atoms with Gasteiger partial charge in [-0.2, -0.15) is 0 Å². The minimum atomic E-state index is -0.906. The van der Waals surface area contributed by atoms with Crippen LogP contribution in [0.25, 0.3) is 0 Å². The third-order valence-electron chi connectivity index (χ3n) is 3.80. The molecule has 0 bridgehead atoms. The van der Waals surface area contributed by atoms with Crippen LogP contribution in [0, 0.1) is 0 Å². The lowest BCUT2D eigenvalue weighted by molar-refractivity contribution is -0.145. The zero-order valence-electron chi connectivity index (χ0n) is 11.3. The quantitative estimate of drug-likeness (QED) is 0.788. The Morgan fingerprint density at radius 1 is 1.30 bits per heavy atom. The number of nitrogens with zero attached hydrogens (tertiary/aromatic N) is 5. The van der Waals surface area contributed by atoms with Gasteiger partial charge in [0, 0.05) is 13.1 Å². The van der Waals surface area contributed by atoms with Gasteiger partial charge in [-0.15, -0.1) is 5.10 Å². The first-order chi connectivity index (χ1) is 9.72. The molecule has 1 saturated carbocycles. The van der Waals surface area contributed by atoms with E-state index >= 15 is 0 Å². The third-order valence-corrected chi connectivity index (χ3v) is 3.80. The lowest BCUT2D eigenvalue weighted by atomic mass is 10.1. The van der Waals surface area contributed by atoms with E-state index in [9.17, 15) is 4.79 Å². The molecule has 0 radical (unpaired) electrons. The van der Waals surface area contributed by atoms with E-state index in [0.717, 1.165) is 38.3 Å². The number of aliphatic carboxylic acids is 1. The van der Waals surface area contributed by atoms with E-state index < -0.39 is 5.97 Å². The Labute approximate surface area is 116 Å². The van der Waals surface area contributed by atoms with Crippen LogP contribution in [-0.2, 0) is 16.1 Å². The second-order valence-electron chi connectivity index (χ2n) is 5.45. The highest BCUT2D eigenvalue weighted by molar-refractivity contribution is 5.68. The van der Waals surface area contributed by atoms with Crippen molar-refractivity contribution in [1.29, 1.82) is 0 Å². The molecule has 1 aliphatic carbocycles. The number of piperidine rings is 1. The summed E-state index contributed by atoms with van der Waals surface area (Å²) in [4.78, 5) is 12.8. The Balaban J connectivity index is 1.46. The zero-order chi connectivity index (χ0) is 13.9. The molecule has 1 aromatic heterocycles. The van der Waals surface area contributed by atoms with Gasteiger partial charge < -0.3 is 9.84 Å². The summed E-state index contributed by atoms with van der Waals surface area (Å²) in [5, 5.41) is 20.5. The van der Waals surface area contributed by atoms with E-state index in [4.69, 9.17) is 9.84 Å². The fourth-order valence-corrected chi connectivity index (χ4v) is 2.54. The SMILES string of the molecule is O=C(O)COC1CCN(Cc2nnnn2C2CC2)CC1. The van der Waals surface area contributed by atoms with Crippen molar-refractivity contribution in [2.75, 3.05) is 19.7 Å². The summed E-state index contributed by atoms with van der Waals surface area (Å²) in [6.07, 6.45) is 4.12. The molecular weight excluding hydrogens is 262 g/mol. The molecule has 110 valence electrons. The molecule has 8 nitrogen and oxygen atoms in total. The summed E-state index contributed by atoms with van der Waals surface area (Å²) in [5.74, 6) is 0.0217. The molecule has 0 atom stereocenters. The molecule has 0 unspecified atom stereocenters. The van der Waals surface area contributed by atoms with Crippen molar-refractivity contribution < 1.29 is 14.6 Å². The van der Waals surface area contributed by atoms with E-state index in [2.05, 4.69) is 20.4 Å². The van der Waals surface area contributed by atoms with E-state index in [1.807, 2.05) is 4.68 Å². The van der Waals surface area contributed by atoms with Crippen LogP contribution < -0.4 is 0 Å². The fourth-order valence-electron chi connectivity index (χ4n) is 2.54. The smallest absolute Gasteiger partial charge is 0.329 e.